The number of carbonyl (C=O) groups excluding carboxylic acids is 3. The molecule has 0 aliphatic rings. The van der Waals surface area contributed by atoms with E-state index >= 15 is 0 Å². The Morgan fingerprint density at radius 3 is 2.44 bits per heavy atom. The highest BCUT2D eigenvalue weighted by Crippen LogP contribution is 2.15. The molecule has 0 saturated heterocycles. The number of rotatable bonds is 15. The molecule has 0 saturated carbocycles. The van der Waals surface area contributed by atoms with Gasteiger partial charge in [0.2, 0.25) is 5.91 Å². The predicted octanol–water partition coefficient (Wildman–Crippen LogP) is 5.10. The second kappa shape index (κ2) is 15.2. The zero-order valence-corrected chi connectivity index (χ0v) is 21.1. The monoisotopic (exact) mass is 488 g/mol. The molecule has 1 heterocycles. The van der Waals surface area contributed by atoms with Gasteiger partial charge in [-0.2, -0.15) is 0 Å². The van der Waals surface area contributed by atoms with Gasteiger partial charge in [0.15, 0.2) is 5.78 Å². The van der Waals surface area contributed by atoms with Crippen LogP contribution in [0.1, 0.15) is 57.8 Å². The van der Waals surface area contributed by atoms with Crippen molar-refractivity contribution in [2.75, 3.05) is 5.75 Å². The molecule has 34 heavy (non-hydrogen) atoms. The highest BCUT2D eigenvalue weighted by Gasteiger charge is 2.27. The van der Waals surface area contributed by atoms with E-state index in [4.69, 9.17) is 9.15 Å². The molecule has 0 aliphatic heterocycles. The molecule has 186 valence electrons. The highest BCUT2D eigenvalue weighted by molar-refractivity contribution is 7.99. The number of unbranched alkanes of at least 4 members (excludes halogenated alkanes) is 1. The summed E-state index contributed by atoms with van der Waals surface area (Å²) in [5.74, 6) is 1.44. The number of Topliss-reactive ketones (excluding diaryl/α,β-unsaturated/α-hetero) is 1. The molecule has 2 amide bonds. The molecule has 8 heteroatoms. The average molecular weight is 489 g/mol. The average Bonchev–Trinajstić information content (AvgIpc) is 3.33. The number of ether oxygens (including phenoxy) is 1. The van der Waals surface area contributed by atoms with Crippen molar-refractivity contribution in [1.82, 2.24) is 10.6 Å². The Morgan fingerprint density at radius 2 is 1.79 bits per heavy atom. The van der Waals surface area contributed by atoms with E-state index in [1.54, 1.807) is 6.26 Å². The van der Waals surface area contributed by atoms with Gasteiger partial charge >= 0.3 is 6.09 Å². The summed E-state index contributed by atoms with van der Waals surface area (Å²) < 4.78 is 10.6. The Balaban J connectivity index is 1.93. The zero-order chi connectivity index (χ0) is 24.8. The van der Waals surface area contributed by atoms with Gasteiger partial charge in [-0.15, -0.1) is 11.8 Å². The number of hydrogen-bond donors (Lipinski definition) is 2. The first-order valence-electron chi connectivity index (χ1n) is 11.8. The van der Waals surface area contributed by atoms with Gasteiger partial charge < -0.3 is 19.8 Å². The molecule has 7 nitrogen and oxygen atoms in total. The zero-order valence-electron chi connectivity index (χ0n) is 20.3. The quantitative estimate of drug-likeness (QED) is 0.362. The Morgan fingerprint density at radius 1 is 1.03 bits per heavy atom. The summed E-state index contributed by atoms with van der Waals surface area (Å²) in [6.45, 7) is 6.11. The first kappa shape index (κ1) is 27.5. The summed E-state index contributed by atoms with van der Waals surface area (Å²) in [5, 5.41) is 5.56. The van der Waals surface area contributed by atoms with Crippen LogP contribution in [-0.4, -0.2) is 35.6 Å². The SMILES string of the molecule is CCCC[C@H](NC(=O)[C@H](CC(C)C)NC(=O)OCc1ccccc1)C(=O)CSCc1ccco1. The number of alkyl carbamates (subject to hydrolysis) is 1. The van der Waals surface area contributed by atoms with Gasteiger partial charge in [0.05, 0.1) is 23.8 Å². The number of nitrogens with one attached hydrogen (secondary N) is 2. The highest BCUT2D eigenvalue weighted by atomic mass is 32.2. The minimum absolute atomic E-state index is 0.0340. The number of amides is 2. The van der Waals surface area contributed by atoms with Crippen LogP contribution < -0.4 is 10.6 Å². The van der Waals surface area contributed by atoms with Crippen LogP contribution in [0.2, 0.25) is 0 Å². The molecule has 2 N–H and O–H groups in total. The van der Waals surface area contributed by atoms with E-state index < -0.39 is 18.2 Å². The van der Waals surface area contributed by atoms with E-state index in [1.807, 2.05) is 63.2 Å². The molecule has 0 bridgehead atoms. The molecule has 2 aromatic rings. The number of benzene rings is 1. The van der Waals surface area contributed by atoms with Crippen LogP contribution in [0.25, 0.3) is 0 Å². The maximum absolute atomic E-state index is 13.1. The van der Waals surface area contributed by atoms with E-state index in [-0.39, 0.29) is 30.0 Å². The lowest BCUT2D eigenvalue weighted by Crippen LogP contribution is -2.52. The lowest BCUT2D eigenvalue weighted by molar-refractivity contribution is -0.128. The number of ketones is 1. The van der Waals surface area contributed by atoms with Crippen LogP contribution in [0.4, 0.5) is 4.79 Å². The number of thioether (sulfide) groups is 1. The van der Waals surface area contributed by atoms with E-state index in [0.717, 1.165) is 24.2 Å². The van der Waals surface area contributed by atoms with E-state index in [1.165, 1.54) is 11.8 Å². The van der Waals surface area contributed by atoms with Gasteiger partial charge in [0.25, 0.3) is 0 Å². The summed E-state index contributed by atoms with van der Waals surface area (Å²) in [6, 6.07) is 11.7. The summed E-state index contributed by atoms with van der Waals surface area (Å²) in [5.41, 5.74) is 0.861. The lowest BCUT2D eigenvalue weighted by atomic mass is 10.0. The molecule has 2 rings (SSSR count). The second-order valence-corrected chi connectivity index (χ2v) is 9.62. The van der Waals surface area contributed by atoms with Crippen LogP contribution in [0.5, 0.6) is 0 Å². The van der Waals surface area contributed by atoms with Crippen molar-refractivity contribution in [2.45, 2.75) is 70.9 Å². The molecular formula is C26H36N2O5S. The maximum atomic E-state index is 13.1. The van der Waals surface area contributed by atoms with Gasteiger partial charge in [-0.25, -0.2) is 4.79 Å². The van der Waals surface area contributed by atoms with Crippen molar-refractivity contribution in [3.05, 3.63) is 60.1 Å². The van der Waals surface area contributed by atoms with Crippen molar-refractivity contribution < 1.29 is 23.5 Å². The lowest BCUT2D eigenvalue weighted by Gasteiger charge is -2.24. The third kappa shape index (κ3) is 10.5. The minimum Gasteiger partial charge on any atom is -0.468 e. The van der Waals surface area contributed by atoms with Crippen molar-refractivity contribution >= 4 is 29.5 Å². The largest absolute Gasteiger partial charge is 0.468 e. The molecule has 0 radical (unpaired) electrons. The first-order chi connectivity index (χ1) is 16.4. The fourth-order valence-electron chi connectivity index (χ4n) is 3.35. The topological polar surface area (TPSA) is 97.6 Å². The van der Waals surface area contributed by atoms with Gasteiger partial charge in [-0.3, -0.25) is 9.59 Å². The van der Waals surface area contributed by atoms with Gasteiger partial charge in [-0.1, -0.05) is 63.9 Å². The Labute approximate surface area is 206 Å². The molecule has 1 aromatic carbocycles. The Bertz CT molecular complexity index is 871. The maximum Gasteiger partial charge on any atom is 0.408 e. The molecule has 1 aromatic heterocycles. The molecule has 0 fully saturated rings. The van der Waals surface area contributed by atoms with Crippen molar-refractivity contribution in [2.24, 2.45) is 5.92 Å². The number of furan rings is 1. The van der Waals surface area contributed by atoms with Gasteiger partial charge in [0.1, 0.15) is 18.4 Å². The number of carbonyl (C=O) groups is 3. The fourth-order valence-corrected chi connectivity index (χ4v) is 4.22. The normalized spacial score (nSPS) is 12.7. The van der Waals surface area contributed by atoms with Crippen molar-refractivity contribution in [3.63, 3.8) is 0 Å². The summed E-state index contributed by atoms with van der Waals surface area (Å²) in [4.78, 5) is 38.3. The molecule has 0 aliphatic carbocycles. The number of hydrogen-bond acceptors (Lipinski definition) is 6. The first-order valence-corrected chi connectivity index (χ1v) is 12.9. The van der Waals surface area contributed by atoms with Crippen LogP contribution in [-0.2, 0) is 26.7 Å². The molecule has 2 atom stereocenters. The van der Waals surface area contributed by atoms with Gasteiger partial charge in [-0.05, 0) is 36.5 Å². The molecule has 0 spiro atoms. The van der Waals surface area contributed by atoms with Crippen molar-refractivity contribution in [3.8, 4) is 0 Å². The standard InChI is InChI=1S/C26H36N2O5S/c1-4-5-13-22(24(29)18-34-17-21-12-9-14-32-21)27-25(30)23(15-19(2)3)28-26(31)33-16-20-10-7-6-8-11-20/h6-12,14,19,22-23H,4-5,13,15-18H2,1-3H3,(H,27,30)(H,28,31)/t22-,23-/m0/s1. The van der Waals surface area contributed by atoms with Crippen LogP contribution in [0, 0.1) is 5.92 Å². The summed E-state index contributed by atoms with van der Waals surface area (Å²) in [6.07, 6.45) is 3.69. The third-order valence-electron chi connectivity index (χ3n) is 5.15. The predicted molar refractivity (Wildman–Crippen MR) is 134 cm³/mol. The van der Waals surface area contributed by atoms with Crippen LogP contribution >= 0.6 is 11.8 Å². The van der Waals surface area contributed by atoms with Gasteiger partial charge in [0, 0.05) is 0 Å². The minimum atomic E-state index is -0.782. The molecular weight excluding hydrogens is 452 g/mol. The second-order valence-electron chi connectivity index (χ2n) is 8.63. The van der Waals surface area contributed by atoms with Crippen LogP contribution in [0.3, 0.4) is 0 Å². The summed E-state index contributed by atoms with van der Waals surface area (Å²) >= 11 is 1.46. The van der Waals surface area contributed by atoms with Crippen molar-refractivity contribution in [1.29, 1.82) is 0 Å². The van der Waals surface area contributed by atoms with Crippen LogP contribution in [0.15, 0.2) is 53.1 Å². The van der Waals surface area contributed by atoms with E-state index in [9.17, 15) is 14.4 Å². The molecule has 0 unspecified atom stereocenters. The summed E-state index contributed by atoms with van der Waals surface area (Å²) in [7, 11) is 0. The smallest absolute Gasteiger partial charge is 0.408 e. The fraction of sp³-hybridized carbons (Fsp3) is 0.500. The van der Waals surface area contributed by atoms with E-state index in [0.29, 0.717) is 18.6 Å². The Hall–Kier alpha value is -2.74. The van der Waals surface area contributed by atoms with E-state index in [2.05, 4.69) is 10.6 Å². The Kier molecular flexibility index (Phi) is 12.3. The third-order valence-corrected chi connectivity index (χ3v) is 6.13.